The van der Waals surface area contributed by atoms with Gasteiger partial charge in [-0.25, -0.2) is 0 Å². The monoisotopic (exact) mass is 125 g/mol. The van der Waals surface area contributed by atoms with Crippen molar-refractivity contribution in [2.45, 2.75) is 13.3 Å². The standard InChI is InChI=1S/C8H15N/c1-3-4-5-8(2)6-7-9/h3-5,8H,1,6-7,9H2,2H3. The van der Waals surface area contributed by atoms with Gasteiger partial charge >= 0.3 is 0 Å². The second kappa shape index (κ2) is 5.57. The Labute approximate surface area is 57.3 Å². The van der Waals surface area contributed by atoms with Gasteiger partial charge in [-0.2, -0.15) is 0 Å². The van der Waals surface area contributed by atoms with Crippen LogP contribution in [0, 0.1) is 5.92 Å². The minimum atomic E-state index is 0.591. The van der Waals surface area contributed by atoms with Crippen LogP contribution in [0.15, 0.2) is 24.8 Å². The molecule has 0 amide bonds. The first-order chi connectivity index (χ1) is 4.31. The lowest BCUT2D eigenvalue weighted by Gasteiger charge is -2.00. The summed E-state index contributed by atoms with van der Waals surface area (Å²) in [6.45, 7) is 6.49. The van der Waals surface area contributed by atoms with Crippen molar-refractivity contribution in [3.8, 4) is 0 Å². The Balaban J connectivity index is 3.35. The van der Waals surface area contributed by atoms with Crippen molar-refractivity contribution in [3.05, 3.63) is 24.8 Å². The highest BCUT2D eigenvalue weighted by Crippen LogP contribution is 2.00. The Hall–Kier alpha value is -0.560. The van der Waals surface area contributed by atoms with Crippen LogP contribution in [0.1, 0.15) is 13.3 Å². The van der Waals surface area contributed by atoms with Crippen LogP contribution < -0.4 is 5.73 Å². The van der Waals surface area contributed by atoms with E-state index in [1.165, 1.54) is 0 Å². The highest BCUT2D eigenvalue weighted by atomic mass is 14.5. The summed E-state index contributed by atoms with van der Waals surface area (Å²) in [4.78, 5) is 0. The average Bonchev–Trinajstić information content (AvgIpc) is 1.85. The molecule has 0 spiro atoms. The lowest BCUT2D eigenvalue weighted by Crippen LogP contribution is -2.03. The second-order valence-electron chi connectivity index (χ2n) is 2.18. The maximum Gasteiger partial charge on any atom is -0.00718 e. The van der Waals surface area contributed by atoms with E-state index in [0.29, 0.717) is 5.92 Å². The van der Waals surface area contributed by atoms with Crippen molar-refractivity contribution in [1.82, 2.24) is 0 Å². The van der Waals surface area contributed by atoms with Gasteiger partial charge in [-0.15, -0.1) is 0 Å². The summed E-state index contributed by atoms with van der Waals surface area (Å²) in [5, 5.41) is 0. The van der Waals surface area contributed by atoms with E-state index in [4.69, 9.17) is 5.73 Å². The SMILES string of the molecule is C=CC=CC(C)CCN. The number of allylic oxidation sites excluding steroid dienone is 3. The molecule has 0 radical (unpaired) electrons. The van der Waals surface area contributed by atoms with Gasteiger partial charge in [0.25, 0.3) is 0 Å². The van der Waals surface area contributed by atoms with Gasteiger partial charge in [0, 0.05) is 0 Å². The molecule has 0 aromatic carbocycles. The lowest BCUT2D eigenvalue weighted by molar-refractivity contribution is 0.658. The molecule has 0 aliphatic carbocycles. The van der Waals surface area contributed by atoms with Gasteiger partial charge in [0.05, 0.1) is 0 Å². The highest BCUT2D eigenvalue weighted by molar-refractivity contribution is 4.99. The van der Waals surface area contributed by atoms with Gasteiger partial charge < -0.3 is 5.73 Å². The van der Waals surface area contributed by atoms with Crippen molar-refractivity contribution in [2.75, 3.05) is 6.54 Å². The Morgan fingerprint density at radius 2 is 2.33 bits per heavy atom. The summed E-state index contributed by atoms with van der Waals surface area (Å²) < 4.78 is 0. The molecule has 2 N–H and O–H groups in total. The van der Waals surface area contributed by atoms with Gasteiger partial charge in [-0.3, -0.25) is 0 Å². The third-order valence-electron chi connectivity index (χ3n) is 1.20. The zero-order chi connectivity index (χ0) is 7.11. The van der Waals surface area contributed by atoms with Crippen LogP contribution in [0.5, 0.6) is 0 Å². The van der Waals surface area contributed by atoms with Crippen LogP contribution in [0.3, 0.4) is 0 Å². The Kier molecular flexibility index (Phi) is 5.23. The molecule has 0 rings (SSSR count). The molecule has 0 aliphatic heterocycles. The molecule has 0 aromatic heterocycles. The molecule has 0 bridgehead atoms. The van der Waals surface area contributed by atoms with Gasteiger partial charge in [-0.05, 0) is 18.9 Å². The summed E-state index contributed by atoms with van der Waals surface area (Å²) in [5.74, 6) is 0.591. The van der Waals surface area contributed by atoms with Crippen LogP contribution >= 0.6 is 0 Å². The fraction of sp³-hybridized carbons (Fsp3) is 0.500. The van der Waals surface area contributed by atoms with E-state index in [2.05, 4.69) is 19.6 Å². The summed E-state index contributed by atoms with van der Waals surface area (Å²) in [6.07, 6.45) is 6.91. The molecule has 0 aliphatic rings. The molecule has 9 heavy (non-hydrogen) atoms. The van der Waals surface area contributed by atoms with Gasteiger partial charge in [0.2, 0.25) is 0 Å². The minimum Gasteiger partial charge on any atom is -0.330 e. The molecular formula is C8H15N. The molecular weight excluding hydrogens is 110 g/mol. The number of hydrogen-bond donors (Lipinski definition) is 1. The summed E-state index contributed by atoms with van der Waals surface area (Å²) in [6, 6.07) is 0. The van der Waals surface area contributed by atoms with Crippen LogP contribution in [0.4, 0.5) is 0 Å². The first kappa shape index (κ1) is 8.44. The molecule has 1 heteroatoms. The van der Waals surface area contributed by atoms with Crippen LogP contribution in [-0.4, -0.2) is 6.54 Å². The largest absolute Gasteiger partial charge is 0.330 e. The van der Waals surface area contributed by atoms with Crippen LogP contribution in [0.2, 0.25) is 0 Å². The van der Waals surface area contributed by atoms with Crippen molar-refractivity contribution in [3.63, 3.8) is 0 Å². The predicted octanol–water partition coefficient (Wildman–Crippen LogP) is 1.71. The van der Waals surface area contributed by atoms with Crippen LogP contribution in [0.25, 0.3) is 0 Å². The van der Waals surface area contributed by atoms with E-state index in [-0.39, 0.29) is 0 Å². The number of rotatable bonds is 4. The molecule has 1 nitrogen and oxygen atoms in total. The van der Waals surface area contributed by atoms with Crippen molar-refractivity contribution < 1.29 is 0 Å². The van der Waals surface area contributed by atoms with Crippen molar-refractivity contribution in [1.29, 1.82) is 0 Å². The summed E-state index contributed by atoms with van der Waals surface area (Å²) in [5.41, 5.74) is 5.34. The number of hydrogen-bond acceptors (Lipinski definition) is 1. The molecule has 0 saturated carbocycles. The van der Waals surface area contributed by atoms with E-state index in [1.54, 1.807) is 6.08 Å². The maximum absolute atomic E-state index is 5.34. The third kappa shape index (κ3) is 5.31. The summed E-state index contributed by atoms with van der Waals surface area (Å²) >= 11 is 0. The molecule has 0 fully saturated rings. The van der Waals surface area contributed by atoms with E-state index in [9.17, 15) is 0 Å². The molecule has 1 unspecified atom stereocenters. The number of nitrogens with two attached hydrogens (primary N) is 1. The Bertz CT molecular complexity index is 94.7. The Morgan fingerprint density at radius 1 is 1.67 bits per heavy atom. The predicted molar refractivity (Wildman–Crippen MR) is 42.2 cm³/mol. The molecule has 0 aromatic rings. The van der Waals surface area contributed by atoms with E-state index in [0.717, 1.165) is 13.0 Å². The topological polar surface area (TPSA) is 26.0 Å². The first-order valence-electron chi connectivity index (χ1n) is 3.30. The maximum atomic E-state index is 5.34. The second-order valence-corrected chi connectivity index (χ2v) is 2.18. The van der Waals surface area contributed by atoms with Gasteiger partial charge in [0.1, 0.15) is 0 Å². The van der Waals surface area contributed by atoms with Crippen molar-refractivity contribution in [2.24, 2.45) is 11.7 Å². The lowest BCUT2D eigenvalue weighted by atomic mass is 10.1. The fourth-order valence-corrected chi connectivity index (χ4v) is 0.627. The molecule has 0 saturated heterocycles. The third-order valence-corrected chi connectivity index (χ3v) is 1.20. The van der Waals surface area contributed by atoms with Gasteiger partial charge in [-0.1, -0.05) is 31.7 Å². The Morgan fingerprint density at radius 3 is 2.78 bits per heavy atom. The summed E-state index contributed by atoms with van der Waals surface area (Å²) in [7, 11) is 0. The minimum absolute atomic E-state index is 0.591. The average molecular weight is 125 g/mol. The fourth-order valence-electron chi connectivity index (χ4n) is 0.627. The molecule has 52 valence electrons. The normalized spacial score (nSPS) is 14.0. The van der Waals surface area contributed by atoms with Crippen molar-refractivity contribution >= 4 is 0 Å². The highest BCUT2D eigenvalue weighted by Gasteiger charge is 1.90. The van der Waals surface area contributed by atoms with Gasteiger partial charge in [0.15, 0.2) is 0 Å². The van der Waals surface area contributed by atoms with E-state index >= 15 is 0 Å². The zero-order valence-electron chi connectivity index (χ0n) is 6.01. The first-order valence-corrected chi connectivity index (χ1v) is 3.30. The molecule has 0 heterocycles. The zero-order valence-corrected chi connectivity index (χ0v) is 6.01. The van der Waals surface area contributed by atoms with E-state index < -0.39 is 0 Å². The van der Waals surface area contributed by atoms with E-state index in [1.807, 2.05) is 6.08 Å². The smallest absolute Gasteiger partial charge is 0.00718 e. The molecule has 1 atom stereocenters. The quantitative estimate of drug-likeness (QED) is 0.569. The van der Waals surface area contributed by atoms with Crippen LogP contribution in [-0.2, 0) is 0 Å².